The molecule has 0 fully saturated rings. The van der Waals surface area contributed by atoms with Gasteiger partial charge >= 0.3 is 0 Å². The lowest BCUT2D eigenvalue weighted by atomic mass is 10.2. The number of benzene rings is 1. The summed E-state index contributed by atoms with van der Waals surface area (Å²) in [6, 6.07) is 5.19. The normalized spacial score (nSPS) is 9.90. The molecule has 116 valence electrons. The number of amides is 2. The van der Waals surface area contributed by atoms with Crippen LogP contribution in [0.25, 0.3) is 0 Å². The van der Waals surface area contributed by atoms with Crippen molar-refractivity contribution in [3.8, 4) is 11.5 Å². The van der Waals surface area contributed by atoms with Crippen LogP contribution >= 0.6 is 0 Å². The molecule has 1 N–H and O–H groups in total. The summed E-state index contributed by atoms with van der Waals surface area (Å²) in [6.45, 7) is 6.23. The van der Waals surface area contributed by atoms with Gasteiger partial charge in [0.25, 0.3) is 0 Å². The van der Waals surface area contributed by atoms with E-state index in [1.54, 1.807) is 25.2 Å². The second-order valence-electron chi connectivity index (χ2n) is 4.45. The zero-order valence-corrected chi connectivity index (χ0v) is 12.9. The van der Waals surface area contributed by atoms with Crippen molar-refractivity contribution in [3.63, 3.8) is 0 Å². The average molecular weight is 294 g/mol. The van der Waals surface area contributed by atoms with Crippen LogP contribution in [0.1, 0.15) is 20.8 Å². The number of carbonyl (C=O) groups is 2. The van der Waals surface area contributed by atoms with Gasteiger partial charge in [0, 0.05) is 25.7 Å². The fraction of sp³-hybridized carbons (Fsp3) is 0.467. The molecule has 0 spiro atoms. The molecule has 1 aromatic rings. The minimum atomic E-state index is -0.265. The molecule has 21 heavy (non-hydrogen) atoms. The number of nitrogens with zero attached hydrogens (tertiary/aromatic N) is 1. The number of likely N-dealkylation sites (N-methyl/N-ethyl adjacent to an activating group) is 1. The van der Waals surface area contributed by atoms with E-state index in [-0.39, 0.29) is 18.4 Å². The molecular formula is C15H22N2O4. The molecule has 0 atom stereocenters. The minimum absolute atomic E-state index is 0.00646. The summed E-state index contributed by atoms with van der Waals surface area (Å²) in [5.41, 5.74) is 0.601. The fourth-order valence-corrected chi connectivity index (χ4v) is 1.66. The second kappa shape index (κ2) is 8.14. The lowest BCUT2D eigenvalue weighted by Crippen LogP contribution is -2.33. The summed E-state index contributed by atoms with van der Waals surface area (Å²) in [5, 5.41) is 2.73. The van der Waals surface area contributed by atoms with E-state index in [1.165, 1.54) is 11.8 Å². The third-order valence-corrected chi connectivity index (χ3v) is 2.75. The van der Waals surface area contributed by atoms with Crippen molar-refractivity contribution in [3.05, 3.63) is 18.2 Å². The van der Waals surface area contributed by atoms with E-state index in [9.17, 15) is 9.59 Å². The van der Waals surface area contributed by atoms with Crippen LogP contribution in [-0.4, -0.2) is 43.5 Å². The van der Waals surface area contributed by atoms with Crippen LogP contribution in [-0.2, 0) is 9.59 Å². The molecule has 6 heteroatoms. The molecule has 1 rings (SSSR count). The van der Waals surface area contributed by atoms with Gasteiger partial charge in [-0.2, -0.15) is 0 Å². The largest absolute Gasteiger partial charge is 0.490 e. The Kier molecular flexibility index (Phi) is 6.52. The molecule has 0 radical (unpaired) electrons. The minimum Gasteiger partial charge on any atom is -0.490 e. The molecule has 0 aromatic heterocycles. The van der Waals surface area contributed by atoms with Gasteiger partial charge in [0.2, 0.25) is 11.8 Å². The van der Waals surface area contributed by atoms with Crippen LogP contribution in [0.2, 0.25) is 0 Å². The summed E-state index contributed by atoms with van der Waals surface area (Å²) in [6.07, 6.45) is 0. The highest BCUT2D eigenvalue weighted by atomic mass is 16.5. The number of rotatable bonds is 7. The van der Waals surface area contributed by atoms with E-state index in [1.807, 2.05) is 13.8 Å². The van der Waals surface area contributed by atoms with Gasteiger partial charge in [-0.05, 0) is 26.0 Å². The van der Waals surface area contributed by atoms with Gasteiger partial charge in [-0.1, -0.05) is 0 Å². The quantitative estimate of drug-likeness (QED) is 0.834. The van der Waals surface area contributed by atoms with Gasteiger partial charge in [0.05, 0.1) is 19.8 Å². The smallest absolute Gasteiger partial charge is 0.243 e. The van der Waals surface area contributed by atoms with Crippen LogP contribution in [0.3, 0.4) is 0 Å². The zero-order valence-electron chi connectivity index (χ0n) is 12.9. The van der Waals surface area contributed by atoms with Crippen LogP contribution < -0.4 is 14.8 Å². The van der Waals surface area contributed by atoms with Crippen LogP contribution in [0, 0.1) is 0 Å². The Labute approximate surface area is 125 Å². The first-order chi connectivity index (χ1) is 9.97. The van der Waals surface area contributed by atoms with Gasteiger partial charge in [-0.25, -0.2) is 0 Å². The molecule has 0 heterocycles. The SMILES string of the molecule is CCOc1ccc(NC(=O)CN(C)C(C)=O)cc1OCC. The van der Waals surface area contributed by atoms with Crippen LogP contribution in [0.4, 0.5) is 5.69 Å². The lowest BCUT2D eigenvalue weighted by molar-refractivity contribution is -0.131. The fourth-order valence-electron chi connectivity index (χ4n) is 1.66. The Bertz CT molecular complexity index is 502. The molecule has 2 amide bonds. The number of anilines is 1. The van der Waals surface area contributed by atoms with Gasteiger partial charge in [-0.3, -0.25) is 9.59 Å². The molecular weight excluding hydrogens is 272 g/mol. The third kappa shape index (κ3) is 5.33. The van der Waals surface area contributed by atoms with Crippen molar-refractivity contribution in [1.29, 1.82) is 0 Å². The topological polar surface area (TPSA) is 67.9 Å². The number of ether oxygens (including phenoxy) is 2. The molecule has 0 saturated carbocycles. The number of nitrogens with one attached hydrogen (secondary N) is 1. The van der Waals surface area contributed by atoms with E-state index >= 15 is 0 Å². The second-order valence-corrected chi connectivity index (χ2v) is 4.45. The number of hydrogen-bond donors (Lipinski definition) is 1. The molecule has 1 aromatic carbocycles. The molecule has 0 bridgehead atoms. The predicted molar refractivity (Wildman–Crippen MR) is 80.7 cm³/mol. The Hall–Kier alpha value is -2.24. The molecule has 0 unspecified atom stereocenters. The summed E-state index contributed by atoms with van der Waals surface area (Å²) in [5.74, 6) is 0.793. The maximum absolute atomic E-state index is 11.8. The molecule has 0 aliphatic heterocycles. The highest BCUT2D eigenvalue weighted by Gasteiger charge is 2.11. The molecule has 6 nitrogen and oxygen atoms in total. The summed E-state index contributed by atoms with van der Waals surface area (Å²) < 4.78 is 10.9. The monoisotopic (exact) mass is 294 g/mol. The lowest BCUT2D eigenvalue weighted by Gasteiger charge is -2.16. The molecule has 0 aliphatic carbocycles. The van der Waals surface area contributed by atoms with Gasteiger partial charge < -0.3 is 19.7 Å². The summed E-state index contributed by atoms with van der Waals surface area (Å²) in [7, 11) is 1.58. The highest BCUT2D eigenvalue weighted by Crippen LogP contribution is 2.30. The van der Waals surface area contributed by atoms with Gasteiger partial charge in [-0.15, -0.1) is 0 Å². The first kappa shape index (κ1) is 16.8. The van der Waals surface area contributed by atoms with Crippen molar-refractivity contribution >= 4 is 17.5 Å². The third-order valence-electron chi connectivity index (χ3n) is 2.75. The first-order valence-electron chi connectivity index (χ1n) is 6.89. The van der Waals surface area contributed by atoms with Crippen molar-refractivity contribution in [2.24, 2.45) is 0 Å². The zero-order chi connectivity index (χ0) is 15.8. The maximum atomic E-state index is 11.8. The van der Waals surface area contributed by atoms with Crippen molar-refractivity contribution in [2.45, 2.75) is 20.8 Å². The first-order valence-corrected chi connectivity index (χ1v) is 6.89. The van der Waals surface area contributed by atoms with Gasteiger partial charge in [0.15, 0.2) is 11.5 Å². The van der Waals surface area contributed by atoms with Crippen LogP contribution in [0.5, 0.6) is 11.5 Å². The highest BCUT2D eigenvalue weighted by molar-refractivity contribution is 5.94. The molecule has 0 aliphatic rings. The number of hydrogen-bond acceptors (Lipinski definition) is 4. The van der Waals surface area contributed by atoms with E-state index in [2.05, 4.69) is 5.32 Å². The Morgan fingerprint density at radius 2 is 1.76 bits per heavy atom. The van der Waals surface area contributed by atoms with Crippen LogP contribution in [0.15, 0.2) is 18.2 Å². The van der Waals surface area contributed by atoms with E-state index in [0.29, 0.717) is 30.4 Å². The standard InChI is InChI=1S/C15H22N2O4/c1-5-20-13-8-7-12(9-14(13)21-6-2)16-15(19)10-17(4)11(3)18/h7-9H,5-6,10H2,1-4H3,(H,16,19). The van der Waals surface area contributed by atoms with E-state index in [0.717, 1.165) is 0 Å². The van der Waals surface area contributed by atoms with Crippen molar-refractivity contribution < 1.29 is 19.1 Å². The van der Waals surface area contributed by atoms with Gasteiger partial charge in [0.1, 0.15) is 0 Å². The predicted octanol–water partition coefficient (Wildman–Crippen LogP) is 1.90. The Balaban J connectivity index is 2.77. The Morgan fingerprint density at radius 3 is 2.33 bits per heavy atom. The van der Waals surface area contributed by atoms with Crippen molar-refractivity contribution in [2.75, 3.05) is 32.1 Å². The number of carbonyl (C=O) groups excluding carboxylic acids is 2. The maximum Gasteiger partial charge on any atom is 0.243 e. The van der Waals surface area contributed by atoms with E-state index in [4.69, 9.17) is 9.47 Å². The summed E-state index contributed by atoms with van der Waals surface area (Å²) >= 11 is 0. The summed E-state index contributed by atoms with van der Waals surface area (Å²) in [4.78, 5) is 24.3. The van der Waals surface area contributed by atoms with Crippen molar-refractivity contribution in [1.82, 2.24) is 4.90 Å². The van der Waals surface area contributed by atoms with E-state index < -0.39 is 0 Å². The molecule has 0 saturated heterocycles. The Morgan fingerprint density at radius 1 is 1.14 bits per heavy atom. The average Bonchev–Trinajstić information content (AvgIpc) is 2.42.